The minimum Gasteiger partial charge on any atom is -0.432 e. The Bertz CT molecular complexity index is 1780. The van der Waals surface area contributed by atoms with Gasteiger partial charge in [-0.05, 0) is 79.7 Å². The molecule has 4 aromatic rings. The van der Waals surface area contributed by atoms with E-state index in [1.165, 1.54) is 0 Å². The monoisotopic (exact) mass is 718 g/mol. The molecule has 6 rings (SSSR count). The van der Waals surface area contributed by atoms with Crippen LogP contribution in [0.15, 0.2) is 77.4 Å². The highest BCUT2D eigenvalue weighted by Gasteiger charge is 2.66. The summed E-state index contributed by atoms with van der Waals surface area (Å²) < 4.78 is 9.48. The van der Waals surface area contributed by atoms with E-state index in [-0.39, 0.29) is 36.0 Å². The summed E-state index contributed by atoms with van der Waals surface area (Å²) in [6.07, 6.45) is 2.39. The van der Waals surface area contributed by atoms with Gasteiger partial charge in [-0.2, -0.15) is 0 Å². The first kappa shape index (κ1) is 33.0. The summed E-state index contributed by atoms with van der Waals surface area (Å²) in [5.74, 6) is -0.693. The number of aromatic nitrogens is 3. The minimum absolute atomic E-state index is 0.00432. The average Bonchev–Trinajstić information content (AvgIpc) is 3.67. The number of amides is 2. The zero-order chi connectivity index (χ0) is 33.5. The molecule has 0 radical (unpaired) electrons. The average molecular weight is 720 g/mol. The standard InChI is InChI=1S/C34H39BrN6O5Si/c1-21-31(47(2,3)45)30(14-16-40-20-27(15-17-42)38-39-40)46-34(21)28-18-24(35)8-13-29(28)41(33(34)44)19-22-4-11-26(12-5-22)37-32(43)23-6-9-25(36)10-7-23/h4-13,18,20-21,30-31,42,45H,14-17,19,36H2,1-3H3,(H,37,43)/t21-,30+,31-,34+/m0/s1. The van der Waals surface area contributed by atoms with Crippen LogP contribution in [0.2, 0.25) is 18.6 Å². The number of hydrogen-bond donors (Lipinski definition) is 4. The summed E-state index contributed by atoms with van der Waals surface area (Å²) in [6, 6.07) is 20.0. The van der Waals surface area contributed by atoms with E-state index < -0.39 is 13.9 Å². The van der Waals surface area contributed by atoms with Crippen LogP contribution in [0.25, 0.3) is 0 Å². The number of anilines is 3. The topological polar surface area (TPSA) is 156 Å². The summed E-state index contributed by atoms with van der Waals surface area (Å²) in [5, 5.41) is 20.5. The third-order valence-corrected chi connectivity index (χ3v) is 12.3. The van der Waals surface area contributed by atoms with E-state index in [0.717, 1.165) is 21.3 Å². The summed E-state index contributed by atoms with van der Waals surface area (Å²) in [7, 11) is -2.82. The molecule has 1 spiro atoms. The molecule has 13 heteroatoms. The maximum Gasteiger partial charge on any atom is 0.264 e. The Kier molecular flexibility index (Phi) is 9.11. The van der Waals surface area contributed by atoms with E-state index in [9.17, 15) is 19.5 Å². The zero-order valence-corrected chi connectivity index (χ0v) is 29.1. The molecule has 0 bridgehead atoms. The molecule has 246 valence electrons. The lowest BCUT2D eigenvalue weighted by Gasteiger charge is -2.32. The third-order valence-electron chi connectivity index (χ3n) is 9.27. The van der Waals surface area contributed by atoms with Gasteiger partial charge in [0.15, 0.2) is 13.9 Å². The van der Waals surface area contributed by atoms with E-state index in [0.29, 0.717) is 48.6 Å². The van der Waals surface area contributed by atoms with Crippen LogP contribution in [0.3, 0.4) is 0 Å². The van der Waals surface area contributed by atoms with Crippen LogP contribution >= 0.6 is 15.9 Å². The van der Waals surface area contributed by atoms with Crippen molar-refractivity contribution in [2.45, 2.75) is 63.2 Å². The predicted octanol–water partition coefficient (Wildman–Crippen LogP) is 4.84. The first-order valence-electron chi connectivity index (χ1n) is 15.7. The van der Waals surface area contributed by atoms with Crippen molar-refractivity contribution in [2.24, 2.45) is 5.92 Å². The van der Waals surface area contributed by atoms with E-state index in [2.05, 4.69) is 31.6 Å². The summed E-state index contributed by atoms with van der Waals surface area (Å²) in [4.78, 5) is 40.7. The number of fused-ring (bicyclic) bond motifs is 2. The number of carbonyl (C=O) groups is 2. The Morgan fingerprint density at radius 3 is 2.53 bits per heavy atom. The fraction of sp³-hybridized carbons (Fsp3) is 0.353. The zero-order valence-electron chi connectivity index (χ0n) is 26.6. The van der Waals surface area contributed by atoms with Crippen molar-refractivity contribution < 1.29 is 24.2 Å². The Balaban J connectivity index is 1.25. The fourth-order valence-corrected chi connectivity index (χ4v) is 10.1. The number of aryl methyl sites for hydroxylation is 1. The van der Waals surface area contributed by atoms with Gasteiger partial charge in [0.2, 0.25) is 0 Å². The Hall–Kier alpha value is -3.88. The minimum atomic E-state index is -2.82. The van der Waals surface area contributed by atoms with Crippen molar-refractivity contribution >= 4 is 53.1 Å². The second-order valence-corrected chi connectivity index (χ2v) is 17.8. The lowest BCUT2D eigenvalue weighted by atomic mass is 9.82. The van der Waals surface area contributed by atoms with Crippen LogP contribution in [0.5, 0.6) is 0 Å². The van der Waals surface area contributed by atoms with Gasteiger partial charge in [0.1, 0.15) is 0 Å². The highest BCUT2D eigenvalue weighted by Crippen LogP contribution is 2.60. The largest absolute Gasteiger partial charge is 0.432 e. The van der Waals surface area contributed by atoms with Crippen molar-refractivity contribution in [1.29, 1.82) is 0 Å². The molecule has 2 aliphatic heterocycles. The van der Waals surface area contributed by atoms with Gasteiger partial charge in [0, 0.05) is 64.2 Å². The number of aliphatic hydroxyl groups excluding tert-OH is 1. The summed E-state index contributed by atoms with van der Waals surface area (Å²) in [5.41, 5.74) is 9.13. The van der Waals surface area contributed by atoms with E-state index in [4.69, 9.17) is 10.5 Å². The molecule has 5 N–H and O–H groups in total. The number of carbonyl (C=O) groups excluding carboxylic acids is 2. The lowest BCUT2D eigenvalue weighted by molar-refractivity contribution is -0.146. The van der Waals surface area contributed by atoms with E-state index in [1.54, 1.807) is 33.8 Å². The Labute approximate surface area is 283 Å². The number of nitrogens with zero attached hydrogens (tertiary/aromatic N) is 4. The van der Waals surface area contributed by atoms with Crippen LogP contribution in [0.1, 0.15) is 40.5 Å². The van der Waals surface area contributed by atoms with Crippen molar-refractivity contribution in [3.05, 3.63) is 99.8 Å². The van der Waals surface area contributed by atoms with Crippen LogP contribution in [0, 0.1) is 5.92 Å². The van der Waals surface area contributed by atoms with E-state index in [1.807, 2.05) is 68.7 Å². The molecular weight excluding hydrogens is 680 g/mol. The second-order valence-electron chi connectivity index (χ2n) is 12.9. The van der Waals surface area contributed by atoms with Crippen molar-refractivity contribution in [3.63, 3.8) is 0 Å². The Morgan fingerprint density at radius 1 is 1.13 bits per heavy atom. The first-order chi connectivity index (χ1) is 22.4. The van der Waals surface area contributed by atoms with Crippen LogP contribution in [-0.4, -0.2) is 57.7 Å². The molecule has 4 atom stereocenters. The number of ether oxygens (including phenoxy) is 1. The number of rotatable bonds is 10. The van der Waals surface area contributed by atoms with Gasteiger partial charge in [0.25, 0.3) is 11.8 Å². The van der Waals surface area contributed by atoms with Crippen molar-refractivity contribution in [3.8, 4) is 0 Å². The Morgan fingerprint density at radius 2 is 1.85 bits per heavy atom. The van der Waals surface area contributed by atoms with Gasteiger partial charge in [0.05, 0.1) is 24.0 Å². The third kappa shape index (κ3) is 6.37. The molecule has 0 saturated carbocycles. The van der Waals surface area contributed by atoms with Gasteiger partial charge in [-0.15, -0.1) is 5.10 Å². The molecule has 1 fully saturated rings. The molecule has 3 heterocycles. The molecule has 0 unspecified atom stereocenters. The smallest absolute Gasteiger partial charge is 0.264 e. The van der Waals surface area contributed by atoms with Gasteiger partial charge in [-0.25, -0.2) is 0 Å². The lowest BCUT2D eigenvalue weighted by Crippen LogP contribution is -2.46. The predicted molar refractivity (Wildman–Crippen MR) is 185 cm³/mol. The maximum absolute atomic E-state index is 14.7. The van der Waals surface area contributed by atoms with Gasteiger partial charge >= 0.3 is 0 Å². The molecule has 1 saturated heterocycles. The number of halogens is 1. The molecule has 11 nitrogen and oxygen atoms in total. The van der Waals surface area contributed by atoms with Crippen LogP contribution in [0.4, 0.5) is 17.1 Å². The number of nitrogen functional groups attached to an aromatic ring is 1. The highest BCUT2D eigenvalue weighted by atomic mass is 79.9. The molecule has 0 aliphatic carbocycles. The van der Waals surface area contributed by atoms with E-state index >= 15 is 0 Å². The number of aliphatic hydroxyl groups is 1. The number of benzene rings is 3. The molecular formula is C34H39BrN6O5Si. The molecule has 3 aromatic carbocycles. The molecule has 2 amide bonds. The van der Waals surface area contributed by atoms with Crippen LogP contribution in [-0.2, 0) is 34.6 Å². The SMILES string of the molecule is C[C@H]1[C@H]([Si](C)(C)O)[C@@H](CCn2cc(CCO)nn2)O[C@]12C(=O)N(Cc1ccc(NC(=O)c3ccc(N)cc3)cc1)c1ccc(Br)cc12. The second kappa shape index (κ2) is 13.0. The first-order valence-corrected chi connectivity index (χ1v) is 19.5. The van der Waals surface area contributed by atoms with Gasteiger partial charge in [-0.1, -0.05) is 40.2 Å². The summed E-state index contributed by atoms with van der Waals surface area (Å²) >= 11 is 3.61. The highest BCUT2D eigenvalue weighted by molar-refractivity contribution is 9.10. The number of nitrogens with one attached hydrogen (secondary N) is 1. The molecule has 47 heavy (non-hydrogen) atoms. The quantitative estimate of drug-likeness (QED) is 0.134. The maximum atomic E-state index is 14.7. The number of hydrogen-bond acceptors (Lipinski definition) is 8. The summed E-state index contributed by atoms with van der Waals surface area (Å²) in [6.45, 7) is 6.64. The molecule has 2 aliphatic rings. The fourth-order valence-electron chi connectivity index (χ4n) is 7.13. The molecule has 1 aromatic heterocycles. The van der Waals surface area contributed by atoms with Crippen molar-refractivity contribution in [2.75, 3.05) is 22.6 Å². The van der Waals surface area contributed by atoms with Gasteiger partial charge in [-0.3, -0.25) is 14.3 Å². The van der Waals surface area contributed by atoms with Gasteiger partial charge < -0.3 is 30.6 Å². The number of nitrogens with two attached hydrogens (primary N) is 1. The van der Waals surface area contributed by atoms with Crippen molar-refractivity contribution in [1.82, 2.24) is 15.0 Å². The normalized spacial score (nSPS) is 22.2. The van der Waals surface area contributed by atoms with Crippen LogP contribution < -0.4 is 16.0 Å².